The monoisotopic (exact) mass is 539 g/mol. The summed E-state index contributed by atoms with van der Waals surface area (Å²) < 4.78 is 8.45. The van der Waals surface area contributed by atoms with E-state index in [9.17, 15) is 24.3 Å². The number of hydrogen-bond acceptors (Lipinski definition) is 7. The summed E-state index contributed by atoms with van der Waals surface area (Å²) in [5.74, 6) is -1.82. The smallest absolute Gasteiger partial charge is 0.334 e. The summed E-state index contributed by atoms with van der Waals surface area (Å²) in [7, 11) is 0. The van der Waals surface area contributed by atoms with Crippen LogP contribution in [0.4, 0.5) is 0 Å². The zero-order valence-electron chi connectivity index (χ0n) is 22.7. The molecule has 0 bridgehead atoms. The van der Waals surface area contributed by atoms with Gasteiger partial charge in [-0.05, 0) is 51.5 Å². The summed E-state index contributed by atoms with van der Waals surface area (Å²) in [6, 6.07) is 8.84. The third kappa shape index (κ3) is 5.27. The van der Waals surface area contributed by atoms with Crippen LogP contribution in [-0.2, 0) is 27.4 Å². The maximum atomic E-state index is 13.3. The molecule has 2 amide bonds. The molecule has 1 unspecified atom stereocenters. The van der Waals surface area contributed by atoms with Crippen LogP contribution in [0.1, 0.15) is 76.5 Å². The third-order valence-electron chi connectivity index (χ3n) is 7.82. The van der Waals surface area contributed by atoms with Crippen molar-refractivity contribution in [2.45, 2.75) is 90.6 Å². The lowest BCUT2D eigenvalue weighted by atomic mass is 9.87. The number of amides is 2. The average molecular weight is 540 g/mol. The van der Waals surface area contributed by atoms with E-state index in [1.54, 1.807) is 13.8 Å². The quantitative estimate of drug-likeness (QED) is 0.250. The Hall–Kier alpha value is -3.73. The summed E-state index contributed by atoms with van der Waals surface area (Å²) in [5.41, 5.74) is 3.63. The molecule has 11 nitrogen and oxygen atoms in total. The first-order valence-electron chi connectivity index (χ1n) is 13.5. The lowest BCUT2D eigenvalue weighted by molar-refractivity contribution is -0.146. The molecule has 39 heavy (non-hydrogen) atoms. The molecule has 2 fully saturated rings. The van der Waals surface area contributed by atoms with Crippen LogP contribution in [0.3, 0.4) is 0 Å². The number of rotatable bonds is 9. The highest BCUT2D eigenvalue weighted by atomic mass is 16.5. The van der Waals surface area contributed by atoms with Crippen LogP contribution in [0.15, 0.2) is 39.9 Å². The van der Waals surface area contributed by atoms with Crippen molar-refractivity contribution >= 4 is 17.6 Å². The lowest BCUT2D eigenvalue weighted by Crippen LogP contribution is -2.47. The van der Waals surface area contributed by atoms with Gasteiger partial charge in [-0.1, -0.05) is 43.7 Å². The number of hydrogen-bond donors (Lipinski definition) is 3. The Balaban J connectivity index is 1.51. The Bertz CT molecular complexity index is 1370. The fourth-order valence-electron chi connectivity index (χ4n) is 5.52. The molecule has 0 radical (unpaired) electrons. The van der Waals surface area contributed by atoms with Crippen molar-refractivity contribution in [3.05, 3.63) is 62.3 Å². The topological polar surface area (TPSA) is 161 Å². The van der Waals surface area contributed by atoms with Crippen LogP contribution >= 0.6 is 0 Å². The summed E-state index contributed by atoms with van der Waals surface area (Å²) in [4.78, 5) is 54.0. The highest BCUT2D eigenvalue weighted by molar-refractivity contribution is 6.08. The van der Waals surface area contributed by atoms with E-state index in [4.69, 9.17) is 15.9 Å². The number of imide groups is 1. The molecule has 2 heterocycles. The summed E-state index contributed by atoms with van der Waals surface area (Å²) in [6.07, 6.45) is 1.88. The number of nitrogens with zero attached hydrogens (tertiary/aromatic N) is 3. The van der Waals surface area contributed by atoms with E-state index in [1.807, 2.05) is 37.3 Å². The van der Waals surface area contributed by atoms with Crippen molar-refractivity contribution in [3.8, 4) is 5.88 Å². The van der Waals surface area contributed by atoms with Crippen LogP contribution in [0.5, 0.6) is 5.88 Å². The van der Waals surface area contributed by atoms with E-state index in [0.717, 1.165) is 21.1 Å². The van der Waals surface area contributed by atoms with Gasteiger partial charge in [-0.15, -0.1) is 0 Å². The zero-order chi connectivity index (χ0) is 28.5. The number of carbonyl (C=O) groups is 2. The Morgan fingerprint density at radius 3 is 2.33 bits per heavy atom. The largest absolute Gasteiger partial charge is 0.494 e. The van der Waals surface area contributed by atoms with Gasteiger partial charge in [0.2, 0.25) is 11.8 Å². The number of aromatic nitrogens is 2. The molecule has 0 spiro atoms. The molecule has 4 N–H and O–H groups in total. The fraction of sp³-hybridized carbons (Fsp3) is 0.536. The molecule has 2 aromatic rings. The minimum Gasteiger partial charge on any atom is -0.494 e. The Kier molecular flexibility index (Phi) is 8.10. The summed E-state index contributed by atoms with van der Waals surface area (Å²) in [6.45, 7) is 5.75. The van der Waals surface area contributed by atoms with Crippen LogP contribution in [0, 0.1) is 10.8 Å². The van der Waals surface area contributed by atoms with Gasteiger partial charge < -0.3 is 15.6 Å². The van der Waals surface area contributed by atoms with Gasteiger partial charge in [-0.25, -0.2) is 4.79 Å². The van der Waals surface area contributed by atoms with Crippen molar-refractivity contribution in [1.29, 1.82) is 5.41 Å². The van der Waals surface area contributed by atoms with Crippen molar-refractivity contribution in [2.24, 2.45) is 11.1 Å². The van der Waals surface area contributed by atoms with E-state index < -0.39 is 40.5 Å². The molecule has 1 saturated carbocycles. The van der Waals surface area contributed by atoms with E-state index >= 15 is 0 Å². The Labute approximate surface area is 226 Å². The normalized spacial score (nSPS) is 22.8. The van der Waals surface area contributed by atoms with Gasteiger partial charge >= 0.3 is 5.69 Å². The van der Waals surface area contributed by atoms with Gasteiger partial charge in [0, 0.05) is 12.6 Å². The van der Waals surface area contributed by atoms with Crippen LogP contribution in [-0.4, -0.2) is 49.0 Å². The molecule has 4 rings (SSSR count). The first-order valence-corrected chi connectivity index (χ1v) is 13.5. The highest BCUT2D eigenvalue weighted by Crippen LogP contribution is 2.38. The average Bonchev–Trinajstić information content (AvgIpc) is 3.05. The number of nitrogen functional groups attached to an aromatic ring is 1. The standard InChI is InChI=1S/C28H37N5O6/c1-4-5-15-31-23(34)20(22(29)30)24(35)33(27(31)38)18-11-13-19(14-12-18)39-21-25(36)32(26(37)28(21,2)3)16-17-9-7-6-8-10-17/h6-10,18-19,21,34H,4-5,11-16H2,1-3H3,(H3,29,30). The number of ether oxygens (including phenoxy) is 1. The molecular weight excluding hydrogens is 502 g/mol. The molecule has 1 atom stereocenters. The van der Waals surface area contributed by atoms with Crippen molar-refractivity contribution in [1.82, 2.24) is 14.0 Å². The molecule has 1 saturated heterocycles. The van der Waals surface area contributed by atoms with Crippen LogP contribution < -0.4 is 17.0 Å². The number of likely N-dealkylation sites (tertiary alicyclic amines) is 1. The SMILES string of the molecule is CCCCn1c(O)c(C(=N)N)c(=O)n(C2CCC(OC3C(=O)N(Cc4ccccc4)C(=O)C3(C)C)CC2)c1=O. The number of benzene rings is 1. The Morgan fingerprint density at radius 2 is 1.74 bits per heavy atom. The zero-order valence-corrected chi connectivity index (χ0v) is 22.7. The molecule has 1 aromatic carbocycles. The number of aromatic hydroxyl groups is 1. The van der Waals surface area contributed by atoms with E-state index in [2.05, 4.69) is 0 Å². The second-order valence-electron chi connectivity index (χ2n) is 11.0. The van der Waals surface area contributed by atoms with Gasteiger partial charge in [0.25, 0.3) is 11.5 Å². The predicted molar refractivity (Wildman–Crippen MR) is 144 cm³/mol. The van der Waals surface area contributed by atoms with Crippen LogP contribution in [0.2, 0.25) is 0 Å². The van der Waals surface area contributed by atoms with Gasteiger partial charge in [0.15, 0.2) is 6.10 Å². The first-order chi connectivity index (χ1) is 18.5. The highest BCUT2D eigenvalue weighted by Gasteiger charge is 2.55. The van der Waals surface area contributed by atoms with Gasteiger partial charge in [0.05, 0.1) is 18.1 Å². The number of carbonyl (C=O) groups excluding carboxylic acids is 2. The molecule has 1 aliphatic heterocycles. The maximum absolute atomic E-state index is 13.3. The van der Waals surface area contributed by atoms with Crippen molar-refractivity contribution in [2.75, 3.05) is 0 Å². The van der Waals surface area contributed by atoms with Crippen molar-refractivity contribution in [3.63, 3.8) is 0 Å². The van der Waals surface area contributed by atoms with Gasteiger partial charge in [-0.3, -0.25) is 33.8 Å². The Morgan fingerprint density at radius 1 is 1.10 bits per heavy atom. The molecule has 1 aliphatic carbocycles. The maximum Gasteiger partial charge on any atom is 0.334 e. The fourth-order valence-corrected chi connectivity index (χ4v) is 5.52. The minimum atomic E-state index is -1.03. The predicted octanol–water partition coefficient (Wildman–Crippen LogP) is 2.26. The molecule has 2 aliphatic rings. The number of amidine groups is 1. The molecular formula is C28H37N5O6. The molecule has 210 valence electrons. The second kappa shape index (κ2) is 11.2. The summed E-state index contributed by atoms with van der Waals surface area (Å²) >= 11 is 0. The first kappa shape index (κ1) is 28.3. The lowest BCUT2D eigenvalue weighted by Gasteiger charge is -2.33. The van der Waals surface area contributed by atoms with Gasteiger partial charge in [0.1, 0.15) is 11.4 Å². The number of nitrogens with two attached hydrogens (primary N) is 1. The third-order valence-corrected chi connectivity index (χ3v) is 7.82. The van der Waals surface area contributed by atoms with E-state index in [0.29, 0.717) is 32.1 Å². The van der Waals surface area contributed by atoms with Crippen LogP contribution in [0.25, 0.3) is 0 Å². The number of unbranched alkanes of at least 4 members (excludes halogenated alkanes) is 1. The van der Waals surface area contributed by atoms with E-state index in [-0.39, 0.29) is 36.6 Å². The van der Waals surface area contributed by atoms with Crippen molar-refractivity contribution < 1.29 is 19.4 Å². The second-order valence-corrected chi connectivity index (χ2v) is 11.0. The molecule has 11 heteroatoms. The molecule has 1 aromatic heterocycles. The summed E-state index contributed by atoms with van der Waals surface area (Å²) in [5, 5.41) is 18.3. The van der Waals surface area contributed by atoms with E-state index in [1.165, 1.54) is 4.90 Å². The minimum absolute atomic E-state index is 0.182. The van der Waals surface area contributed by atoms with Gasteiger partial charge in [-0.2, -0.15) is 0 Å². The number of nitrogens with one attached hydrogen (secondary N) is 1.